The highest BCUT2D eigenvalue weighted by molar-refractivity contribution is 7.14. The number of nitrogens with zero attached hydrogens (tertiary/aromatic N) is 4. The van der Waals surface area contributed by atoms with Crippen LogP contribution in [0.3, 0.4) is 0 Å². The molecule has 2 aliphatic rings. The maximum atomic E-state index is 15.5. The van der Waals surface area contributed by atoms with Crippen molar-refractivity contribution in [1.82, 2.24) is 30.6 Å². The highest BCUT2D eigenvalue weighted by Gasteiger charge is 2.28. The Kier molecular flexibility index (Phi) is 9.62. The number of nitrogens with one attached hydrogen (secondary N) is 2. The fourth-order valence-electron chi connectivity index (χ4n) is 5.82. The number of rotatable bonds is 9. The van der Waals surface area contributed by atoms with Crippen LogP contribution in [0.4, 0.5) is 4.39 Å². The summed E-state index contributed by atoms with van der Waals surface area (Å²) in [5, 5.41) is 19.5. The van der Waals surface area contributed by atoms with Gasteiger partial charge >= 0.3 is 0 Å². The Morgan fingerprint density at radius 1 is 1.09 bits per heavy atom. The molecule has 2 N–H and O–H groups in total. The third-order valence-corrected chi connectivity index (χ3v) is 9.69. The molecule has 12 heteroatoms. The zero-order valence-electron chi connectivity index (χ0n) is 25.4. The van der Waals surface area contributed by atoms with Gasteiger partial charge in [0, 0.05) is 73.6 Å². The van der Waals surface area contributed by atoms with Gasteiger partial charge in [0.05, 0.1) is 5.56 Å². The van der Waals surface area contributed by atoms with E-state index in [-0.39, 0.29) is 29.3 Å². The maximum absolute atomic E-state index is 15.5. The van der Waals surface area contributed by atoms with Crippen LogP contribution in [0.2, 0.25) is 0 Å². The first-order valence-electron chi connectivity index (χ1n) is 15.4. The van der Waals surface area contributed by atoms with Crippen molar-refractivity contribution in [3.8, 4) is 22.1 Å². The normalized spacial score (nSPS) is 16.6. The zero-order valence-corrected chi connectivity index (χ0v) is 26.2. The van der Waals surface area contributed by atoms with Gasteiger partial charge in [-0.25, -0.2) is 9.49 Å². The topological polar surface area (TPSA) is 122 Å². The van der Waals surface area contributed by atoms with Gasteiger partial charge < -0.3 is 19.7 Å². The van der Waals surface area contributed by atoms with E-state index in [0.29, 0.717) is 28.8 Å². The first-order chi connectivity index (χ1) is 21.8. The smallest absolute Gasteiger partial charge is 0.267 e. The van der Waals surface area contributed by atoms with Gasteiger partial charge in [0.2, 0.25) is 0 Å². The summed E-state index contributed by atoms with van der Waals surface area (Å²) in [6.45, 7) is 7.52. The summed E-state index contributed by atoms with van der Waals surface area (Å²) in [5.74, 6) is -0.0801. The molecule has 6 rings (SSSR count). The largest absolute Gasteiger partial charge is 0.457 e. The highest BCUT2D eigenvalue weighted by Crippen LogP contribution is 2.33. The van der Waals surface area contributed by atoms with Crippen LogP contribution >= 0.6 is 11.3 Å². The molecular weight excluding hydrogens is 595 g/mol. The molecule has 45 heavy (non-hydrogen) atoms. The van der Waals surface area contributed by atoms with Crippen molar-refractivity contribution in [1.29, 1.82) is 0 Å². The monoisotopic (exact) mass is 632 g/mol. The lowest BCUT2D eigenvalue weighted by atomic mass is 9.99. The van der Waals surface area contributed by atoms with Crippen LogP contribution in [0.15, 0.2) is 53.5 Å². The molecule has 0 atom stereocenters. The Labute approximate surface area is 265 Å². The van der Waals surface area contributed by atoms with Crippen molar-refractivity contribution in [3.63, 3.8) is 0 Å². The highest BCUT2D eigenvalue weighted by atomic mass is 32.1. The summed E-state index contributed by atoms with van der Waals surface area (Å²) >= 11 is 1.54. The van der Waals surface area contributed by atoms with E-state index in [9.17, 15) is 9.59 Å². The van der Waals surface area contributed by atoms with Gasteiger partial charge in [0.1, 0.15) is 27.3 Å². The summed E-state index contributed by atoms with van der Waals surface area (Å²) < 4.78 is 27.3. The van der Waals surface area contributed by atoms with E-state index in [0.717, 1.165) is 67.6 Å². The molecule has 0 unspecified atom stereocenters. The Bertz CT molecular complexity index is 1680. The molecule has 2 saturated heterocycles. The lowest BCUT2D eigenvalue weighted by Crippen LogP contribution is -2.49. The summed E-state index contributed by atoms with van der Waals surface area (Å²) in [5.41, 5.74) is 1.25. The molecule has 2 aromatic carbocycles. The van der Waals surface area contributed by atoms with Crippen molar-refractivity contribution in [2.24, 2.45) is 0 Å². The molecule has 10 nitrogen and oxygen atoms in total. The van der Waals surface area contributed by atoms with E-state index in [1.54, 1.807) is 29.5 Å². The van der Waals surface area contributed by atoms with Crippen LogP contribution in [0.5, 0.6) is 11.5 Å². The number of aromatic amines is 1. The zero-order chi connectivity index (χ0) is 31.3. The SMILES string of the molecule is CC(C)c1nnc(-c2ccc(Oc3cc(C(=O)NC4CCN(C5CCOCC5)CC4)c(F)cc3Cc3ccn[nH]c3=O)cc2)s1. The van der Waals surface area contributed by atoms with Crippen LogP contribution in [0.25, 0.3) is 10.6 Å². The number of hydrogen-bond acceptors (Lipinski definition) is 9. The third-order valence-electron chi connectivity index (χ3n) is 8.42. The second kappa shape index (κ2) is 14.0. The molecule has 2 fully saturated rings. The number of ether oxygens (including phenoxy) is 2. The molecule has 4 aromatic rings. The van der Waals surface area contributed by atoms with Gasteiger partial charge in [-0.05, 0) is 68.1 Å². The predicted octanol–water partition coefficient (Wildman–Crippen LogP) is 5.31. The first-order valence-corrected chi connectivity index (χ1v) is 16.2. The van der Waals surface area contributed by atoms with Crippen molar-refractivity contribution in [2.75, 3.05) is 26.3 Å². The molecule has 0 spiro atoms. The fraction of sp³-hybridized carbons (Fsp3) is 0.424. The molecule has 0 saturated carbocycles. The third kappa shape index (κ3) is 7.46. The molecule has 2 aromatic heterocycles. The predicted molar refractivity (Wildman–Crippen MR) is 169 cm³/mol. The number of H-pyrrole nitrogens is 1. The Morgan fingerprint density at radius 3 is 2.53 bits per heavy atom. The number of piperidine rings is 1. The molecule has 1 amide bonds. The van der Waals surface area contributed by atoms with E-state index in [1.807, 2.05) is 12.1 Å². The van der Waals surface area contributed by atoms with Gasteiger partial charge in [-0.1, -0.05) is 25.2 Å². The number of halogens is 1. The number of likely N-dealkylation sites (tertiary alicyclic amines) is 1. The molecule has 4 heterocycles. The maximum Gasteiger partial charge on any atom is 0.267 e. The minimum Gasteiger partial charge on any atom is -0.457 e. The second-order valence-corrected chi connectivity index (χ2v) is 12.9. The number of carbonyl (C=O) groups excluding carboxylic acids is 1. The number of carbonyl (C=O) groups is 1. The summed E-state index contributed by atoms with van der Waals surface area (Å²) in [7, 11) is 0. The quantitative estimate of drug-likeness (QED) is 0.255. The van der Waals surface area contributed by atoms with Crippen molar-refractivity contribution >= 4 is 17.2 Å². The fourth-order valence-corrected chi connectivity index (χ4v) is 6.67. The Morgan fingerprint density at radius 2 is 1.84 bits per heavy atom. The molecule has 0 bridgehead atoms. The van der Waals surface area contributed by atoms with Crippen LogP contribution in [0.1, 0.15) is 71.9 Å². The van der Waals surface area contributed by atoms with E-state index in [2.05, 4.69) is 44.5 Å². The van der Waals surface area contributed by atoms with Crippen molar-refractivity contribution in [2.45, 2.75) is 64.0 Å². The molecular formula is C33H37FN6O4S. The number of amides is 1. The lowest BCUT2D eigenvalue weighted by molar-refractivity contribution is 0.0238. The van der Waals surface area contributed by atoms with Crippen LogP contribution in [-0.4, -0.2) is 69.6 Å². The molecule has 236 valence electrons. The first kappa shape index (κ1) is 31.0. The van der Waals surface area contributed by atoms with E-state index >= 15 is 4.39 Å². The average Bonchev–Trinajstić information content (AvgIpc) is 3.55. The average molecular weight is 633 g/mol. The van der Waals surface area contributed by atoms with E-state index in [4.69, 9.17) is 9.47 Å². The van der Waals surface area contributed by atoms with Crippen molar-refractivity contribution < 1.29 is 18.7 Å². The number of hydrogen-bond donors (Lipinski definition) is 2. The van der Waals surface area contributed by atoms with Crippen molar-refractivity contribution in [3.05, 3.63) is 86.5 Å². The summed E-state index contributed by atoms with van der Waals surface area (Å²) in [4.78, 5) is 28.2. The molecule has 2 aliphatic heterocycles. The van der Waals surface area contributed by atoms with Crippen LogP contribution in [-0.2, 0) is 11.2 Å². The number of aromatic nitrogens is 4. The summed E-state index contributed by atoms with van der Waals surface area (Å²) in [6, 6.07) is 12.1. The van der Waals surface area contributed by atoms with Crippen LogP contribution in [0, 0.1) is 5.82 Å². The van der Waals surface area contributed by atoms with Crippen LogP contribution < -0.4 is 15.6 Å². The molecule has 0 aliphatic carbocycles. The van der Waals surface area contributed by atoms with Gasteiger partial charge in [0.15, 0.2) is 0 Å². The van der Waals surface area contributed by atoms with E-state index in [1.165, 1.54) is 18.3 Å². The molecule has 0 radical (unpaired) electrons. The standard InChI is InChI=1S/C33H37FN6O4S/c1-20(2)32-38-39-33(45-32)21-3-5-26(6-4-21)44-29-19-27(28(34)18-23(29)17-22-7-12-35-37-30(22)41)31(42)36-24-8-13-40(14-9-24)25-10-15-43-16-11-25/h3-7,12,18-20,24-25H,8-11,13-17H2,1-2H3,(H,36,42)(H,37,41). The van der Waals surface area contributed by atoms with Gasteiger partial charge in [-0.2, -0.15) is 5.10 Å². The second-order valence-electron chi connectivity index (χ2n) is 11.9. The Balaban J connectivity index is 1.21. The van der Waals surface area contributed by atoms with Gasteiger partial charge in [0.25, 0.3) is 11.5 Å². The summed E-state index contributed by atoms with van der Waals surface area (Å²) in [6.07, 6.45) is 5.24. The van der Waals surface area contributed by atoms with Gasteiger partial charge in [-0.15, -0.1) is 10.2 Å². The van der Waals surface area contributed by atoms with Gasteiger partial charge in [-0.3, -0.25) is 9.59 Å². The number of benzene rings is 2. The lowest BCUT2D eigenvalue weighted by Gasteiger charge is -2.39. The minimum atomic E-state index is -0.674. The minimum absolute atomic E-state index is 0.0449. The van der Waals surface area contributed by atoms with E-state index < -0.39 is 11.7 Å². The Hall–Kier alpha value is -4.00.